The lowest BCUT2D eigenvalue weighted by Crippen LogP contribution is -2.28. The van der Waals surface area contributed by atoms with Crippen LogP contribution in [-0.2, 0) is 9.53 Å². The summed E-state index contributed by atoms with van der Waals surface area (Å²) < 4.78 is 4.98. The van der Waals surface area contributed by atoms with Crippen LogP contribution < -0.4 is 0 Å². The fourth-order valence-electron chi connectivity index (χ4n) is 1.26. The van der Waals surface area contributed by atoms with E-state index in [-0.39, 0.29) is 5.41 Å². The molecule has 0 unspecified atom stereocenters. The summed E-state index contributed by atoms with van der Waals surface area (Å²) in [5, 5.41) is 0. The first-order valence-electron chi connectivity index (χ1n) is 5.58. The maximum absolute atomic E-state index is 11.6. The Labute approximate surface area is 93.8 Å². The maximum atomic E-state index is 11.6. The largest absolute Gasteiger partial charge is 0.385 e. The zero-order valence-electron chi connectivity index (χ0n) is 10.8. The average Bonchev–Trinajstić information content (AvgIpc) is 2.13. The molecule has 3 nitrogen and oxygen atoms in total. The van der Waals surface area contributed by atoms with Gasteiger partial charge in [0.2, 0.25) is 0 Å². The van der Waals surface area contributed by atoms with Gasteiger partial charge in [0.15, 0.2) is 0 Å². The molecule has 0 amide bonds. The number of rotatable bonds is 7. The van der Waals surface area contributed by atoms with E-state index in [1.807, 2.05) is 27.8 Å². The fraction of sp³-hybridized carbons (Fsp3) is 0.917. The number of ketones is 1. The molecule has 90 valence electrons. The second-order valence-corrected chi connectivity index (χ2v) is 5.07. The summed E-state index contributed by atoms with van der Waals surface area (Å²) in [6, 6.07) is 0. The SMILES string of the molecule is COCCCN(C)CCC(=O)C(C)(C)C. The Morgan fingerprint density at radius 2 is 1.87 bits per heavy atom. The summed E-state index contributed by atoms with van der Waals surface area (Å²) in [5.74, 6) is 0.334. The molecule has 0 aliphatic heterocycles. The number of carbonyl (C=O) groups excluding carboxylic acids is 1. The third kappa shape index (κ3) is 7.51. The zero-order valence-corrected chi connectivity index (χ0v) is 10.8. The topological polar surface area (TPSA) is 29.5 Å². The van der Waals surface area contributed by atoms with Crippen molar-refractivity contribution >= 4 is 5.78 Å². The Hall–Kier alpha value is -0.410. The molecular weight excluding hydrogens is 190 g/mol. The van der Waals surface area contributed by atoms with Crippen LogP contribution in [0.2, 0.25) is 0 Å². The minimum Gasteiger partial charge on any atom is -0.385 e. The highest BCUT2D eigenvalue weighted by molar-refractivity contribution is 5.83. The van der Waals surface area contributed by atoms with Crippen LogP contribution in [0, 0.1) is 5.41 Å². The molecule has 15 heavy (non-hydrogen) atoms. The van der Waals surface area contributed by atoms with Crippen LogP contribution in [0.5, 0.6) is 0 Å². The van der Waals surface area contributed by atoms with Gasteiger partial charge in [-0.3, -0.25) is 4.79 Å². The van der Waals surface area contributed by atoms with Gasteiger partial charge >= 0.3 is 0 Å². The highest BCUT2D eigenvalue weighted by Crippen LogP contribution is 2.16. The highest BCUT2D eigenvalue weighted by atomic mass is 16.5. The van der Waals surface area contributed by atoms with Crippen LogP contribution in [-0.4, -0.2) is 44.5 Å². The molecule has 0 N–H and O–H groups in total. The molecule has 0 aromatic rings. The van der Waals surface area contributed by atoms with Gasteiger partial charge in [-0.05, 0) is 13.5 Å². The van der Waals surface area contributed by atoms with Crippen LogP contribution in [0.1, 0.15) is 33.6 Å². The summed E-state index contributed by atoms with van der Waals surface area (Å²) in [6.07, 6.45) is 1.67. The number of hydrogen-bond acceptors (Lipinski definition) is 3. The fourth-order valence-corrected chi connectivity index (χ4v) is 1.26. The van der Waals surface area contributed by atoms with Gasteiger partial charge < -0.3 is 9.64 Å². The maximum Gasteiger partial charge on any atom is 0.139 e. The van der Waals surface area contributed by atoms with Crippen molar-refractivity contribution in [2.75, 3.05) is 33.9 Å². The lowest BCUT2D eigenvalue weighted by molar-refractivity contribution is -0.126. The third-order valence-corrected chi connectivity index (χ3v) is 2.45. The molecule has 0 spiro atoms. The third-order valence-electron chi connectivity index (χ3n) is 2.45. The van der Waals surface area contributed by atoms with Crippen LogP contribution in [0.4, 0.5) is 0 Å². The van der Waals surface area contributed by atoms with Crippen molar-refractivity contribution in [3.8, 4) is 0 Å². The van der Waals surface area contributed by atoms with Crippen molar-refractivity contribution in [2.45, 2.75) is 33.6 Å². The van der Waals surface area contributed by atoms with E-state index in [0.29, 0.717) is 12.2 Å². The standard InChI is InChI=1S/C12H25NO2/c1-12(2,3)11(14)7-9-13(4)8-6-10-15-5/h6-10H2,1-5H3. The summed E-state index contributed by atoms with van der Waals surface area (Å²) in [7, 11) is 3.76. The zero-order chi connectivity index (χ0) is 11.9. The normalized spacial score (nSPS) is 12.1. The van der Waals surface area contributed by atoms with Gasteiger partial charge in [-0.25, -0.2) is 0 Å². The minimum absolute atomic E-state index is 0.201. The van der Waals surface area contributed by atoms with Crippen molar-refractivity contribution in [3.63, 3.8) is 0 Å². The number of carbonyl (C=O) groups is 1. The van der Waals surface area contributed by atoms with E-state index in [0.717, 1.165) is 26.1 Å². The second-order valence-electron chi connectivity index (χ2n) is 5.07. The van der Waals surface area contributed by atoms with Crippen molar-refractivity contribution in [1.29, 1.82) is 0 Å². The van der Waals surface area contributed by atoms with Gasteiger partial charge in [0, 0.05) is 38.6 Å². The first kappa shape index (κ1) is 14.6. The van der Waals surface area contributed by atoms with E-state index in [1.54, 1.807) is 7.11 Å². The molecule has 0 aromatic heterocycles. The van der Waals surface area contributed by atoms with E-state index in [1.165, 1.54) is 0 Å². The summed E-state index contributed by atoms with van der Waals surface area (Å²) in [4.78, 5) is 13.8. The summed E-state index contributed by atoms with van der Waals surface area (Å²) in [5.41, 5.74) is -0.201. The van der Waals surface area contributed by atoms with Gasteiger partial charge in [0.1, 0.15) is 5.78 Å². The lowest BCUT2D eigenvalue weighted by Gasteiger charge is -2.20. The Balaban J connectivity index is 3.62. The van der Waals surface area contributed by atoms with Gasteiger partial charge in [0.05, 0.1) is 0 Å². The molecule has 0 bridgehead atoms. The first-order valence-corrected chi connectivity index (χ1v) is 5.58. The molecule has 0 aliphatic rings. The molecule has 0 rings (SSSR count). The molecule has 0 aliphatic carbocycles. The molecule has 0 saturated heterocycles. The average molecular weight is 215 g/mol. The quantitative estimate of drug-likeness (QED) is 0.608. The number of hydrogen-bond donors (Lipinski definition) is 0. The first-order chi connectivity index (χ1) is 6.88. The molecule has 0 atom stereocenters. The molecular formula is C12H25NO2. The van der Waals surface area contributed by atoms with Crippen molar-refractivity contribution in [3.05, 3.63) is 0 Å². The van der Waals surface area contributed by atoms with Crippen LogP contribution >= 0.6 is 0 Å². The Morgan fingerprint density at radius 1 is 1.27 bits per heavy atom. The van der Waals surface area contributed by atoms with E-state index < -0.39 is 0 Å². The van der Waals surface area contributed by atoms with E-state index in [2.05, 4.69) is 4.90 Å². The van der Waals surface area contributed by atoms with Crippen LogP contribution in [0.15, 0.2) is 0 Å². The van der Waals surface area contributed by atoms with Gasteiger partial charge in [-0.15, -0.1) is 0 Å². The number of methoxy groups -OCH3 is 1. The molecule has 0 heterocycles. The number of nitrogens with zero attached hydrogens (tertiary/aromatic N) is 1. The highest BCUT2D eigenvalue weighted by Gasteiger charge is 2.20. The smallest absolute Gasteiger partial charge is 0.139 e. The predicted octanol–water partition coefficient (Wildman–Crippen LogP) is 1.96. The Bertz CT molecular complexity index is 185. The lowest BCUT2D eigenvalue weighted by atomic mass is 9.89. The summed E-state index contributed by atoms with van der Waals surface area (Å²) >= 11 is 0. The van der Waals surface area contributed by atoms with Gasteiger partial charge in [-0.2, -0.15) is 0 Å². The minimum atomic E-state index is -0.201. The molecule has 0 saturated carbocycles. The van der Waals surface area contributed by atoms with E-state index >= 15 is 0 Å². The van der Waals surface area contributed by atoms with Crippen LogP contribution in [0.25, 0.3) is 0 Å². The van der Waals surface area contributed by atoms with Gasteiger partial charge in [-0.1, -0.05) is 20.8 Å². The predicted molar refractivity (Wildman–Crippen MR) is 63.1 cm³/mol. The van der Waals surface area contributed by atoms with Gasteiger partial charge in [0.25, 0.3) is 0 Å². The summed E-state index contributed by atoms with van der Waals surface area (Å²) in [6.45, 7) is 8.55. The van der Waals surface area contributed by atoms with Crippen LogP contribution in [0.3, 0.4) is 0 Å². The number of ether oxygens (including phenoxy) is 1. The van der Waals surface area contributed by atoms with Crippen molar-refractivity contribution < 1.29 is 9.53 Å². The molecule has 0 radical (unpaired) electrons. The van der Waals surface area contributed by atoms with Crippen molar-refractivity contribution in [1.82, 2.24) is 4.90 Å². The van der Waals surface area contributed by atoms with E-state index in [4.69, 9.17) is 4.74 Å². The monoisotopic (exact) mass is 215 g/mol. The second kappa shape index (κ2) is 6.96. The molecule has 0 aromatic carbocycles. The number of Topliss-reactive ketones (excluding diaryl/α,β-unsaturated/α-hetero) is 1. The Kier molecular flexibility index (Phi) is 6.77. The van der Waals surface area contributed by atoms with E-state index in [9.17, 15) is 4.79 Å². The molecule has 3 heteroatoms. The van der Waals surface area contributed by atoms with Crippen molar-refractivity contribution in [2.24, 2.45) is 5.41 Å². The molecule has 0 fully saturated rings. The Morgan fingerprint density at radius 3 is 2.33 bits per heavy atom.